The second-order valence-electron chi connectivity index (χ2n) is 2.36. The minimum atomic E-state index is -3.24. The molecular formula is C6H11NO3S. The molecule has 0 unspecified atom stereocenters. The van der Waals surface area contributed by atoms with E-state index in [-0.39, 0.29) is 4.91 Å². The summed E-state index contributed by atoms with van der Waals surface area (Å²) in [6.07, 6.45) is 0. The molecule has 11 heavy (non-hydrogen) atoms. The summed E-state index contributed by atoms with van der Waals surface area (Å²) >= 11 is 0. The number of nitrogens with one attached hydrogen (secondary N) is 1. The minimum absolute atomic E-state index is 0.273. The van der Waals surface area contributed by atoms with Crippen LogP contribution in [0.15, 0.2) is 10.7 Å². The first-order chi connectivity index (χ1) is 5.04. The van der Waals surface area contributed by atoms with Gasteiger partial charge in [0.15, 0.2) is 0 Å². The smallest absolute Gasteiger partial charge is 0.239 e. The van der Waals surface area contributed by atoms with Crippen LogP contribution in [0.25, 0.3) is 0 Å². The molecule has 0 aromatic carbocycles. The average molecular weight is 177 g/mol. The van der Waals surface area contributed by atoms with E-state index in [1.165, 1.54) is 6.92 Å². The lowest BCUT2D eigenvalue weighted by molar-refractivity contribution is 0.221. The monoisotopic (exact) mass is 177 g/mol. The molecule has 0 radical (unpaired) electrons. The largest absolute Gasteiger partial charge is 0.496 e. The van der Waals surface area contributed by atoms with Gasteiger partial charge in [0.25, 0.3) is 0 Å². The molecule has 0 spiro atoms. The van der Waals surface area contributed by atoms with Crippen molar-refractivity contribution in [1.29, 1.82) is 0 Å². The van der Waals surface area contributed by atoms with E-state index < -0.39 is 10.0 Å². The van der Waals surface area contributed by atoms with Crippen LogP contribution in [0.4, 0.5) is 0 Å². The molecule has 0 fully saturated rings. The molecule has 5 heteroatoms. The second kappa shape index (κ2) is 2.83. The van der Waals surface area contributed by atoms with Gasteiger partial charge in [0.1, 0.15) is 12.4 Å². The highest BCUT2D eigenvalue weighted by Gasteiger charge is 2.18. The van der Waals surface area contributed by atoms with Gasteiger partial charge in [-0.2, -0.15) is 0 Å². The van der Waals surface area contributed by atoms with E-state index in [0.717, 1.165) is 0 Å². The topological polar surface area (TPSA) is 55.4 Å². The molecule has 64 valence electrons. The molecule has 4 nitrogen and oxygen atoms in total. The van der Waals surface area contributed by atoms with E-state index in [2.05, 4.69) is 4.72 Å². The molecule has 1 aliphatic heterocycles. The van der Waals surface area contributed by atoms with Crippen LogP contribution in [0.1, 0.15) is 13.8 Å². The van der Waals surface area contributed by atoms with Gasteiger partial charge < -0.3 is 4.74 Å². The summed E-state index contributed by atoms with van der Waals surface area (Å²) in [4.78, 5) is 0.273. The van der Waals surface area contributed by atoms with Crippen molar-refractivity contribution in [3.8, 4) is 0 Å². The van der Waals surface area contributed by atoms with Crippen LogP contribution in [-0.4, -0.2) is 21.6 Å². The third-order valence-corrected chi connectivity index (χ3v) is 3.29. The average Bonchev–Trinajstić information content (AvgIpc) is 2.03. The van der Waals surface area contributed by atoms with Gasteiger partial charge in [-0.3, -0.25) is 0 Å². The van der Waals surface area contributed by atoms with Crippen molar-refractivity contribution in [2.75, 3.05) is 13.2 Å². The number of rotatable bonds is 0. The highest BCUT2D eigenvalue weighted by molar-refractivity contribution is 7.93. The van der Waals surface area contributed by atoms with E-state index in [1.807, 2.05) is 0 Å². The van der Waals surface area contributed by atoms with Crippen molar-refractivity contribution < 1.29 is 13.2 Å². The molecule has 0 bridgehead atoms. The van der Waals surface area contributed by atoms with E-state index in [9.17, 15) is 8.42 Å². The molecule has 0 saturated heterocycles. The normalized spacial score (nSPS) is 24.2. The lowest BCUT2D eigenvalue weighted by Crippen LogP contribution is -2.25. The lowest BCUT2D eigenvalue weighted by atomic mass is 10.5. The zero-order valence-corrected chi connectivity index (χ0v) is 7.36. The molecule has 1 N–H and O–H groups in total. The summed E-state index contributed by atoms with van der Waals surface area (Å²) in [5.41, 5.74) is 0. The molecule has 1 heterocycles. The molecule has 1 rings (SSSR count). The standard InChI is InChI=1S/C6H11NO3S/c1-5-6(2)11(8,9)7-3-4-10-5/h7H,3-4H2,1-2H3. The fourth-order valence-electron chi connectivity index (χ4n) is 0.779. The fraction of sp³-hybridized carbons (Fsp3) is 0.667. The summed E-state index contributed by atoms with van der Waals surface area (Å²) in [5, 5.41) is 0. The van der Waals surface area contributed by atoms with Gasteiger partial charge in [-0.1, -0.05) is 0 Å². The van der Waals surface area contributed by atoms with Crippen molar-refractivity contribution in [1.82, 2.24) is 4.72 Å². The van der Waals surface area contributed by atoms with Crippen LogP contribution < -0.4 is 4.72 Å². The van der Waals surface area contributed by atoms with Gasteiger partial charge in [-0.25, -0.2) is 13.1 Å². The Balaban J connectivity index is 3.08. The molecule has 0 saturated carbocycles. The zero-order chi connectivity index (χ0) is 8.48. The lowest BCUT2D eigenvalue weighted by Gasteiger charge is -2.02. The Labute approximate surface area is 66.3 Å². The van der Waals surface area contributed by atoms with Gasteiger partial charge >= 0.3 is 0 Å². The maximum absolute atomic E-state index is 11.2. The Hall–Kier alpha value is -0.550. The summed E-state index contributed by atoms with van der Waals surface area (Å²) in [5.74, 6) is 0.481. The summed E-state index contributed by atoms with van der Waals surface area (Å²) in [6.45, 7) is 3.93. The molecule has 0 atom stereocenters. The Bertz CT molecular complexity index is 278. The Morgan fingerprint density at radius 3 is 2.73 bits per heavy atom. The van der Waals surface area contributed by atoms with Crippen LogP contribution in [0.5, 0.6) is 0 Å². The quantitative estimate of drug-likeness (QED) is 0.574. The number of sulfonamides is 1. The molecule has 0 aromatic rings. The van der Waals surface area contributed by atoms with E-state index in [4.69, 9.17) is 4.74 Å². The first kappa shape index (κ1) is 8.55. The first-order valence-corrected chi connectivity index (χ1v) is 4.82. The van der Waals surface area contributed by atoms with E-state index in [0.29, 0.717) is 18.9 Å². The van der Waals surface area contributed by atoms with E-state index in [1.54, 1.807) is 6.92 Å². The molecule has 0 amide bonds. The van der Waals surface area contributed by atoms with Crippen LogP contribution in [0, 0.1) is 0 Å². The van der Waals surface area contributed by atoms with Crippen molar-refractivity contribution >= 4 is 10.0 Å². The molecule has 0 aromatic heterocycles. The van der Waals surface area contributed by atoms with Gasteiger partial charge in [-0.05, 0) is 13.8 Å². The Morgan fingerprint density at radius 1 is 1.45 bits per heavy atom. The molecule has 1 aliphatic rings. The van der Waals surface area contributed by atoms with Gasteiger partial charge in [-0.15, -0.1) is 0 Å². The van der Waals surface area contributed by atoms with Crippen LogP contribution in [-0.2, 0) is 14.8 Å². The van der Waals surface area contributed by atoms with Crippen molar-refractivity contribution in [2.24, 2.45) is 0 Å². The summed E-state index contributed by atoms with van der Waals surface area (Å²) < 4.78 is 29.8. The minimum Gasteiger partial charge on any atom is -0.496 e. The predicted molar refractivity (Wildman–Crippen MR) is 41.2 cm³/mol. The number of hydrogen-bond acceptors (Lipinski definition) is 3. The van der Waals surface area contributed by atoms with Crippen molar-refractivity contribution in [3.05, 3.63) is 10.7 Å². The van der Waals surface area contributed by atoms with Gasteiger partial charge in [0.05, 0.1) is 4.91 Å². The molecule has 0 aliphatic carbocycles. The Morgan fingerprint density at radius 2 is 2.09 bits per heavy atom. The van der Waals surface area contributed by atoms with Gasteiger partial charge in [0.2, 0.25) is 10.0 Å². The number of allylic oxidation sites excluding steroid dienone is 2. The summed E-state index contributed by atoms with van der Waals surface area (Å²) in [6, 6.07) is 0. The zero-order valence-electron chi connectivity index (χ0n) is 6.55. The SMILES string of the molecule is CC1=C(C)S(=O)(=O)NCCO1. The van der Waals surface area contributed by atoms with E-state index >= 15 is 0 Å². The Kier molecular flexibility index (Phi) is 2.20. The van der Waals surface area contributed by atoms with Crippen LogP contribution >= 0.6 is 0 Å². The highest BCUT2D eigenvalue weighted by atomic mass is 32.2. The number of ether oxygens (including phenoxy) is 1. The third kappa shape index (κ3) is 1.72. The maximum atomic E-state index is 11.2. The highest BCUT2D eigenvalue weighted by Crippen LogP contribution is 2.13. The van der Waals surface area contributed by atoms with Crippen molar-refractivity contribution in [3.63, 3.8) is 0 Å². The van der Waals surface area contributed by atoms with Crippen LogP contribution in [0.3, 0.4) is 0 Å². The van der Waals surface area contributed by atoms with Crippen molar-refractivity contribution in [2.45, 2.75) is 13.8 Å². The third-order valence-electron chi connectivity index (χ3n) is 1.61. The van der Waals surface area contributed by atoms with Gasteiger partial charge in [0, 0.05) is 6.54 Å². The number of hydrogen-bond donors (Lipinski definition) is 1. The summed E-state index contributed by atoms with van der Waals surface area (Å²) in [7, 11) is -3.24. The predicted octanol–water partition coefficient (Wildman–Crippen LogP) is 0.187. The molecular weight excluding hydrogens is 166 g/mol. The van der Waals surface area contributed by atoms with Crippen LogP contribution in [0.2, 0.25) is 0 Å². The first-order valence-electron chi connectivity index (χ1n) is 3.34. The maximum Gasteiger partial charge on any atom is 0.239 e. The second-order valence-corrected chi connectivity index (χ2v) is 4.27. The fourth-order valence-corrected chi connectivity index (χ4v) is 1.79.